The molecule has 1 heterocycles. The summed E-state index contributed by atoms with van der Waals surface area (Å²) in [6.45, 7) is 1.90. The number of anilines is 1. The monoisotopic (exact) mass is 273 g/mol. The van der Waals surface area contributed by atoms with E-state index in [1.54, 1.807) is 20.0 Å². The van der Waals surface area contributed by atoms with Crippen LogP contribution >= 0.6 is 0 Å². The first kappa shape index (κ1) is 14.9. The first-order valence-corrected chi connectivity index (χ1v) is 7.10. The second kappa shape index (κ2) is 6.12. The van der Waals surface area contributed by atoms with Crippen molar-refractivity contribution >= 4 is 15.8 Å². The molecule has 0 saturated carbocycles. The quantitative estimate of drug-likeness (QED) is 0.789. The lowest BCUT2D eigenvalue weighted by Gasteiger charge is -2.17. The van der Waals surface area contributed by atoms with Gasteiger partial charge >= 0.3 is 0 Å². The van der Waals surface area contributed by atoms with Crippen molar-refractivity contribution in [3.63, 3.8) is 0 Å². The van der Waals surface area contributed by atoms with Crippen LogP contribution in [0.2, 0.25) is 0 Å². The molecule has 6 nitrogen and oxygen atoms in total. The lowest BCUT2D eigenvalue weighted by atomic mass is 10.3. The van der Waals surface area contributed by atoms with Crippen molar-refractivity contribution in [3.8, 4) is 0 Å². The van der Waals surface area contributed by atoms with Crippen molar-refractivity contribution in [1.29, 1.82) is 0 Å². The molecule has 0 bridgehead atoms. The van der Waals surface area contributed by atoms with Gasteiger partial charge in [0.2, 0.25) is 10.0 Å². The molecule has 2 N–H and O–H groups in total. The Kier molecular flexibility index (Phi) is 5.06. The van der Waals surface area contributed by atoms with Crippen LogP contribution in [-0.2, 0) is 10.0 Å². The molecular weight excluding hydrogens is 254 g/mol. The third kappa shape index (κ3) is 3.66. The van der Waals surface area contributed by atoms with E-state index in [4.69, 9.17) is 5.11 Å². The number of hydrogen-bond donors (Lipinski definition) is 2. The van der Waals surface area contributed by atoms with Gasteiger partial charge in [-0.25, -0.2) is 17.7 Å². The van der Waals surface area contributed by atoms with Gasteiger partial charge in [0.25, 0.3) is 0 Å². The van der Waals surface area contributed by atoms with E-state index < -0.39 is 16.1 Å². The van der Waals surface area contributed by atoms with Crippen molar-refractivity contribution in [2.24, 2.45) is 0 Å². The number of aromatic nitrogens is 1. The second-order valence-corrected chi connectivity index (χ2v) is 6.14. The Labute approximate surface area is 108 Å². The Bertz CT molecular complexity index is 471. The number of pyridine rings is 1. The van der Waals surface area contributed by atoms with E-state index in [9.17, 15) is 8.42 Å². The van der Waals surface area contributed by atoms with Crippen LogP contribution in [0.4, 0.5) is 5.82 Å². The third-order valence-corrected chi connectivity index (χ3v) is 4.40. The van der Waals surface area contributed by atoms with Gasteiger partial charge < -0.3 is 10.4 Å². The molecular formula is C11H19N3O3S. The SMILES string of the molecule is CNc1ccc(S(=O)(=O)N(C)CCC(C)O)cn1. The fourth-order valence-corrected chi connectivity index (χ4v) is 2.48. The molecule has 0 amide bonds. The van der Waals surface area contributed by atoms with Crippen molar-refractivity contribution in [2.45, 2.75) is 24.3 Å². The highest BCUT2D eigenvalue weighted by Crippen LogP contribution is 2.15. The number of aliphatic hydroxyl groups is 1. The highest BCUT2D eigenvalue weighted by molar-refractivity contribution is 7.89. The molecule has 0 aromatic carbocycles. The van der Waals surface area contributed by atoms with Crippen LogP contribution in [0.5, 0.6) is 0 Å². The zero-order chi connectivity index (χ0) is 13.8. The number of sulfonamides is 1. The van der Waals surface area contributed by atoms with Gasteiger partial charge in [0.05, 0.1) is 6.10 Å². The minimum absolute atomic E-state index is 0.148. The first-order valence-electron chi connectivity index (χ1n) is 5.66. The van der Waals surface area contributed by atoms with Crippen LogP contribution in [-0.4, -0.2) is 49.6 Å². The van der Waals surface area contributed by atoms with E-state index in [1.165, 1.54) is 23.6 Å². The summed E-state index contributed by atoms with van der Waals surface area (Å²) in [5.74, 6) is 0.612. The zero-order valence-electron chi connectivity index (χ0n) is 10.8. The minimum atomic E-state index is -3.53. The molecule has 1 aromatic rings. The van der Waals surface area contributed by atoms with Crippen molar-refractivity contribution in [1.82, 2.24) is 9.29 Å². The van der Waals surface area contributed by atoms with Gasteiger partial charge in [-0.3, -0.25) is 0 Å². The van der Waals surface area contributed by atoms with Crippen molar-refractivity contribution in [2.75, 3.05) is 26.0 Å². The molecule has 0 radical (unpaired) electrons. The van der Waals surface area contributed by atoms with E-state index in [2.05, 4.69) is 10.3 Å². The molecule has 1 aromatic heterocycles. The maximum Gasteiger partial charge on any atom is 0.244 e. The van der Waals surface area contributed by atoms with Crippen LogP contribution in [0.3, 0.4) is 0 Å². The fourth-order valence-electron chi connectivity index (χ4n) is 1.35. The van der Waals surface area contributed by atoms with E-state index in [0.29, 0.717) is 12.2 Å². The van der Waals surface area contributed by atoms with Gasteiger partial charge in [-0.05, 0) is 25.5 Å². The second-order valence-electron chi connectivity index (χ2n) is 4.09. The summed E-state index contributed by atoms with van der Waals surface area (Å²) in [5, 5.41) is 12.0. The van der Waals surface area contributed by atoms with Gasteiger partial charge in [-0.15, -0.1) is 0 Å². The summed E-state index contributed by atoms with van der Waals surface area (Å²) in [7, 11) is -0.324. The standard InChI is InChI=1S/C11H19N3O3S/c1-9(15)6-7-14(3)18(16,17)10-4-5-11(12-2)13-8-10/h4-5,8-9,15H,6-7H2,1-3H3,(H,12,13). The Balaban J connectivity index is 2.84. The lowest BCUT2D eigenvalue weighted by Crippen LogP contribution is -2.29. The van der Waals surface area contributed by atoms with E-state index in [1.807, 2.05) is 0 Å². The molecule has 0 aliphatic rings. The Morgan fingerprint density at radius 3 is 2.61 bits per heavy atom. The molecule has 1 unspecified atom stereocenters. The van der Waals surface area contributed by atoms with Crippen molar-refractivity contribution in [3.05, 3.63) is 18.3 Å². The van der Waals surface area contributed by atoms with Crippen LogP contribution in [0.25, 0.3) is 0 Å². The van der Waals surface area contributed by atoms with Crippen LogP contribution in [0, 0.1) is 0 Å². The normalized spacial score (nSPS) is 13.6. The highest BCUT2D eigenvalue weighted by Gasteiger charge is 2.21. The molecule has 7 heteroatoms. The molecule has 0 fully saturated rings. The van der Waals surface area contributed by atoms with Gasteiger partial charge in [0.15, 0.2) is 0 Å². The summed E-state index contributed by atoms with van der Waals surface area (Å²) in [6, 6.07) is 3.11. The Hall–Kier alpha value is -1.18. The number of rotatable bonds is 6. The van der Waals surface area contributed by atoms with E-state index >= 15 is 0 Å². The van der Waals surface area contributed by atoms with Gasteiger partial charge in [-0.2, -0.15) is 0 Å². The maximum atomic E-state index is 12.1. The molecule has 0 aliphatic heterocycles. The summed E-state index contributed by atoms with van der Waals surface area (Å²) in [5.41, 5.74) is 0. The maximum absolute atomic E-state index is 12.1. The van der Waals surface area contributed by atoms with Gasteiger partial charge in [0.1, 0.15) is 10.7 Å². The summed E-state index contributed by atoms with van der Waals surface area (Å²) >= 11 is 0. The van der Waals surface area contributed by atoms with Crippen molar-refractivity contribution < 1.29 is 13.5 Å². The molecule has 1 atom stereocenters. The van der Waals surface area contributed by atoms with Gasteiger partial charge in [0, 0.05) is 26.8 Å². The summed E-state index contributed by atoms with van der Waals surface area (Å²) in [6.07, 6.45) is 1.20. The molecule has 0 spiro atoms. The number of aliphatic hydroxyl groups excluding tert-OH is 1. The molecule has 1 rings (SSSR count). The molecule has 102 valence electrons. The molecule has 0 aliphatic carbocycles. The Morgan fingerprint density at radius 2 is 2.17 bits per heavy atom. The fraction of sp³-hybridized carbons (Fsp3) is 0.545. The van der Waals surface area contributed by atoms with E-state index in [0.717, 1.165) is 0 Å². The summed E-state index contributed by atoms with van der Waals surface area (Å²) in [4.78, 5) is 4.12. The highest BCUT2D eigenvalue weighted by atomic mass is 32.2. The lowest BCUT2D eigenvalue weighted by molar-refractivity contribution is 0.177. The predicted molar refractivity (Wildman–Crippen MR) is 69.9 cm³/mol. The first-order chi connectivity index (χ1) is 8.37. The number of nitrogens with zero attached hydrogens (tertiary/aromatic N) is 2. The van der Waals surface area contributed by atoms with Crippen LogP contribution in [0.15, 0.2) is 23.2 Å². The van der Waals surface area contributed by atoms with E-state index in [-0.39, 0.29) is 11.4 Å². The minimum Gasteiger partial charge on any atom is -0.393 e. The predicted octanol–water partition coefficient (Wildman–Crippen LogP) is 0.515. The third-order valence-electron chi connectivity index (χ3n) is 2.56. The Morgan fingerprint density at radius 1 is 1.50 bits per heavy atom. The average Bonchev–Trinajstić information content (AvgIpc) is 2.35. The molecule has 0 saturated heterocycles. The number of nitrogens with one attached hydrogen (secondary N) is 1. The smallest absolute Gasteiger partial charge is 0.244 e. The van der Waals surface area contributed by atoms with Crippen LogP contribution in [0.1, 0.15) is 13.3 Å². The average molecular weight is 273 g/mol. The number of hydrogen-bond acceptors (Lipinski definition) is 5. The molecule has 18 heavy (non-hydrogen) atoms. The summed E-state index contributed by atoms with van der Waals surface area (Å²) < 4.78 is 25.5. The van der Waals surface area contributed by atoms with Crippen LogP contribution < -0.4 is 5.32 Å². The topological polar surface area (TPSA) is 82.5 Å². The largest absolute Gasteiger partial charge is 0.393 e. The zero-order valence-corrected chi connectivity index (χ0v) is 11.6. The van der Waals surface area contributed by atoms with Gasteiger partial charge in [-0.1, -0.05) is 0 Å².